The predicted octanol–water partition coefficient (Wildman–Crippen LogP) is 2.79. The van der Waals surface area contributed by atoms with Crippen LogP contribution in [-0.4, -0.2) is 37.9 Å². The van der Waals surface area contributed by atoms with Gasteiger partial charge in [-0.05, 0) is 67.9 Å². The van der Waals surface area contributed by atoms with Crippen molar-refractivity contribution in [3.8, 4) is 11.5 Å². The van der Waals surface area contributed by atoms with Crippen LogP contribution in [0.5, 0.6) is 11.5 Å². The smallest absolute Gasteiger partial charge is 0.338 e. The summed E-state index contributed by atoms with van der Waals surface area (Å²) in [4.78, 5) is 23.3. The Labute approximate surface area is 157 Å². The largest absolute Gasteiger partial charge is 0.494 e. The van der Waals surface area contributed by atoms with Gasteiger partial charge in [0.05, 0.1) is 25.0 Å². The lowest BCUT2D eigenvalue weighted by molar-refractivity contribution is -0.123. The molecular weight excluding hydrogens is 348 g/mol. The average Bonchev–Trinajstić information content (AvgIpc) is 2.68. The maximum Gasteiger partial charge on any atom is 0.338 e. The zero-order chi connectivity index (χ0) is 19.5. The van der Waals surface area contributed by atoms with Crippen molar-refractivity contribution in [1.82, 2.24) is 5.43 Å². The van der Waals surface area contributed by atoms with E-state index in [-0.39, 0.29) is 6.61 Å². The van der Waals surface area contributed by atoms with Gasteiger partial charge in [0.1, 0.15) is 11.5 Å². The lowest BCUT2D eigenvalue weighted by Crippen LogP contribution is -2.24. The van der Waals surface area contributed by atoms with E-state index in [0.717, 1.165) is 11.3 Å². The van der Waals surface area contributed by atoms with E-state index in [9.17, 15) is 9.59 Å². The van der Waals surface area contributed by atoms with Gasteiger partial charge >= 0.3 is 5.97 Å². The van der Waals surface area contributed by atoms with Crippen molar-refractivity contribution in [1.29, 1.82) is 0 Å². The quantitative estimate of drug-likeness (QED) is 0.417. The van der Waals surface area contributed by atoms with Crippen molar-refractivity contribution in [2.75, 3.05) is 19.8 Å². The first-order chi connectivity index (χ1) is 13.1. The molecule has 0 heterocycles. The van der Waals surface area contributed by atoms with Gasteiger partial charge in [0.2, 0.25) is 0 Å². The third-order valence-corrected chi connectivity index (χ3v) is 3.33. The summed E-state index contributed by atoms with van der Waals surface area (Å²) in [6.45, 7) is 4.39. The Hall–Kier alpha value is -3.35. The van der Waals surface area contributed by atoms with E-state index in [1.807, 2.05) is 31.2 Å². The molecule has 142 valence electrons. The molecule has 2 aromatic carbocycles. The number of carbonyl (C=O) groups is 2. The van der Waals surface area contributed by atoms with Crippen LogP contribution in [0.25, 0.3) is 0 Å². The highest BCUT2D eigenvalue weighted by molar-refractivity contribution is 5.89. The van der Waals surface area contributed by atoms with Crippen molar-refractivity contribution < 1.29 is 23.8 Å². The molecule has 2 aromatic rings. The molecule has 0 aliphatic heterocycles. The number of hydrazone groups is 1. The number of ether oxygens (including phenoxy) is 3. The highest BCUT2D eigenvalue weighted by atomic mass is 16.5. The fraction of sp³-hybridized carbons (Fsp3) is 0.250. The lowest BCUT2D eigenvalue weighted by atomic mass is 10.2. The van der Waals surface area contributed by atoms with Gasteiger partial charge in [0.25, 0.3) is 5.91 Å². The van der Waals surface area contributed by atoms with Crippen molar-refractivity contribution in [3.63, 3.8) is 0 Å². The van der Waals surface area contributed by atoms with E-state index in [0.29, 0.717) is 24.5 Å². The van der Waals surface area contributed by atoms with Crippen LogP contribution in [0.2, 0.25) is 0 Å². The second-order valence-corrected chi connectivity index (χ2v) is 5.33. The molecule has 0 fully saturated rings. The SMILES string of the molecule is CCOC(=O)c1ccc(OCC(=O)N/N=C/c2ccc(OCC)cc2)cc1. The first kappa shape index (κ1) is 20.0. The average molecular weight is 370 g/mol. The van der Waals surface area contributed by atoms with Gasteiger partial charge in [-0.3, -0.25) is 4.79 Å². The number of carbonyl (C=O) groups excluding carboxylic acids is 2. The van der Waals surface area contributed by atoms with Crippen LogP contribution in [0.3, 0.4) is 0 Å². The Kier molecular flexibility index (Phi) is 7.84. The summed E-state index contributed by atoms with van der Waals surface area (Å²) >= 11 is 0. The molecular formula is C20H22N2O5. The monoisotopic (exact) mass is 370 g/mol. The van der Waals surface area contributed by atoms with Crippen molar-refractivity contribution >= 4 is 18.1 Å². The highest BCUT2D eigenvalue weighted by Crippen LogP contribution is 2.13. The van der Waals surface area contributed by atoms with Crippen molar-refractivity contribution in [3.05, 3.63) is 59.7 Å². The van der Waals surface area contributed by atoms with Crippen LogP contribution < -0.4 is 14.9 Å². The molecule has 0 atom stereocenters. The van der Waals surface area contributed by atoms with Crippen molar-refractivity contribution in [2.24, 2.45) is 5.10 Å². The highest BCUT2D eigenvalue weighted by Gasteiger charge is 2.07. The zero-order valence-electron chi connectivity index (χ0n) is 15.3. The summed E-state index contributed by atoms with van der Waals surface area (Å²) in [6, 6.07) is 13.7. The number of nitrogens with zero attached hydrogens (tertiary/aromatic N) is 1. The van der Waals surface area contributed by atoms with E-state index in [4.69, 9.17) is 14.2 Å². The molecule has 1 N–H and O–H groups in total. The number of hydrogen-bond acceptors (Lipinski definition) is 6. The molecule has 7 nitrogen and oxygen atoms in total. The van der Waals surface area contributed by atoms with Crippen LogP contribution in [0.1, 0.15) is 29.8 Å². The third-order valence-electron chi connectivity index (χ3n) is 3.33. The van der Waals surface area contributed by atoms with Gasteiger partial charge < -0.3 is 14.2 Å². The molecule has 2 rings (SSSR count). The summed E-state index contributed by atoms with van der Waals surface area (Å²) in [6.07, 6.45) is 1.53. The second-order valence-electron chi connectivity index (χ2n) is 5.33. The molecule has 0 aliphatic rings. The van der Waals surface area contributed by atoms with Gasteiger partial charge in [-0.1, -0.05) is 0 Å². The van der Waals surface area contributed by atoms with E-state index in [1.165, 1.54) is 6.21 Å². The van der Waals surface area contributed by atoms with Crippen LogP contribution in [0.4, 0.5) is 0 Å². The number of nitrogens with one attached hydrogen (secondary N) is 1. The molecule has 0 radical (unpaired) electrons. The number of hydrogen-bond donors (Lipinski definition) is 1. The summed E-state index contributed by atoms with van der Waals surface area (Å²) in [5, 5.41) is 3.88. The van der Waals surface area contributed by atoms with Crippen LogP contribution >= 0.6 is 0 Å². The maximum absolute atomic E-state index is 11.8. The minimum atomic E-state index is -0.398. The normalized spacial score (nSPS) is 10.4. The van der Waals surface area contributed by atoms with E-state index >= 15 is 0 Å². The Morgan fingerprint density at radius 3 is 2.19 bits per heavy atom. The predicted molar refractivity (Wildman–Crippen MR) is 101 cm³/mol. The molecule has 0 aliphatic carbocycles. The number of esters is 1. The van der Waals surface area contributed by atoms with Crippen molar-refractivity contribution in [2.45, 2.75) is 13.8 Å². The Morgan fingerprint density at radius 1 is 0.926 bits per heavy atom. The van der Waals surface area contributed by atoms with Gasteiger partial charge in [-0.15, -0.1) is 0 Å². The first-order valence-corrected chi connectivity index (χ1v) is 8.57. The Balaban J connectivity index is 1.76. The lowest BCUT2D eigenvalue weighted by Gasteiger charge is -2.06. The number of benzene rings is 2. The zero-order valence-corrected chi connectivity index (χ0v) is 15.3. The van der Waals surface area contributed by atoms with E-state index in [2.05, 4.69) is 10.5 Å². The third kappa shape index (κ3) is 6.81. The maximum atomic E-state index is 11.8. The number of amides is 1. The minimum absolute atomic E-state index is 0.195. The van der Waals surface area contributed by atoms with E-state index < -0.39 is 11.9 Å². The Bertz CT molecular complexity index is 770. The van der Waals surface area contributed by atoms with Gasteiger partial charge in [0.15, 0.2) is 6.61 Å². The molecule has 0 saturated carbocycles. The van der Waals surface area contributed by atoms with Crippen LogP contribution in [-0.2, 0) is 9.53 Å². The molecule has 0 aromatic heterocycles. The summed E-state index contributed by atoms with van der Waals surface area (Å²) < 4.78 is 15.6. The Morgan fingerprint density at radius 2 is 1.56 bits per heavy atom. The topological polar surface area (TPSA) is 86.2 Å². The van der Waals surface area contributed by atoms with Crippen LogP contribution in [0, 0.1) is 0 Å². The van der Waals surface area contributed by atoms with Gasteiger partial charge in [-0.25, -0.2) is 10.2 Å². The van der Waals surface area contributed by atoms with Gasteiger partial charge in [-0.2, -0.15) is 5.10 Å². The fourth-order valence-electron chi connectivity index (χ4n) is 2.08. The summed E-state index contributed by atoms with van der Waals surface area (Å²) in [5.41, 5.74) is 3.64. The molecule has 0 bridgehead atoms. The molecule has 1 amide bonds. The molecule has 7 heteroatoms. The minimum Gasteiger partial charge on any atom is -0.494 e. The second kappa shape index (κ2) is 10.6. The fourth-order valence-corrected chi connectivity index (χ4v) is 2.08. The number of rotatable bonds is 9. The standard InChI is InChI=1S/C20H22N2O5/c1-3-25-17-9-5-15(6-10-17)13-21-22-19(23)14-27-18-11-7-16(8-12-18)20(24)26-4-2/h5-13H,3-4,14H2,1-2H3,(H,22,23)/b21-13+. The molecule has 27 heavy (non-hydrogen) atoms. The molecule has 0 unspecified atom stereocenters. The van der Waals surface area contributed by atoms with Crippen LogP contribution in [0.15, 0.2) is 53.6 Å². The van der Waals surface area contributed by atoms with Gasteiger partial charge in [0, 0.05) is 0 Å². The molecule has 0 saturated heterocycles. The van der Waals surface area contributed by atoms with E-state index in [1.54, 1.807) is 31.2 Å². The molecule has 0 spiro atoms. The first-order valence-electron chi connectivity index (χ1n) is 8.57. The summed E-state index contributed by atoms with van der Waals surface area (Å²) in [7, 11) is 0. The summed E-state index contributed by atoms with van der Waals surface area (Å²) in [5.74, 6) is 0.451.